The lowest BCUT2D eigenvalue weighted by Gasteiger charge is -2.23. The van der Waals surface area contributed by atoms with Gasteiger partial charge in [-0.15, -0.1) is 0 Å². The third kappa shape index (κ3) is 1.59. The first-order valence-corrected chi connectivity index (χ1v) is 3.88. The molecular weight excluding hydrogens is 144 g/mol. The van der Waals surface area contributed by atoms with Crippen LogP contribution in [0.4, 0.5) is 0 Å². The molecule has 11 heavy (non-hydrogen) atoms. The van der Waals surface area contributed by atoms with Gasteiger partial charge in [0.05, 0.1) is 0 Å². The average Bonchev–Trinajstić information content (AvgIpc) is 1.85. The molecule has 1 aliphatic rings. The largest absolute Gasteiger partial charge is 0.462 e. The fraction of sp³-hybridized carbons (Fsp3) is 0.750. The minimum atomic E-state index is -0.494. The first-order valence-electron chi connectivity index (χ1n) is 3.88. The number of hydrogen-bond donors (Lipinski definition) is 0. The average molecular weight is 156 g/mol. The normalized spacial score (nSPS) is 31.8. The second-order valence-electron chi connectivity index (χ2n) is 2.88. The van der Waals surface area contributed by atoms with E-state index in [-0.39, 0.29) is 17.9 Å². The minimum absolute atomic E-state index is 0.0243. The van der Waals surface area contributed by atoms with Gasteiger partial charge in [-0.05, 0) is 13.3 Å². The van der Waals surface area contributed by atoms with E-state index in [9.17, 15) is 9.59 Å². The first kappa shape index (κ1) is 8.24. The van der Waals surface area contributed by atoms with Crippen LogP contribution in [-0.4, -0.2) is 17.9 Å². The molecule has 2 unspecified atom stereocenters. The molecule has 1 aliphatic heterocycles. The zero-order valence-corrected chi connectivity index (χ0v) is 6.79. The quantitative estimate of drug-likeness (QED) is 0.418. The number of carbonyl (C=O) groups excluding carboxylic acids is 2. The van der Waals surface area contributed by atoms with Crippen molar-refractivity contribution in [2.24, 2.45) is 5.92 Å². The van der Waals surface area contributed by atoms with Crippen molar-refractivity contribution in [1.29, 1.82) is 0 Å². The summed E-state index contributed by atoms with van der Waals surface area (Å²) in [6.45, 7) is 3.56. The Kier molecular flexibility index (Phi) is 2.27. The highest BCUT2D eigenvalue weighted by Crippen LogP contribution is 2.18. The summed E-state index contributed by atoms with van der Waals surface area (Å²) in [4.78, 5) is 22.1. The number of esters is 1. The van der Waals surface area contributed by atoms with Crippen LogP contribution >= 0.6 is 0 Å². The highest BCUT2D eigenvalue weighted by Gasteiger charge is 2.33. The molecule has 0 spiro atoms. The molecule has 0 aromatic carbocycles. The molecule has 0 saturated carbocycles. The lowest BCUT2D eigenvalue weighted by atomic mass is 9.94. The maximum Gasteiger partial charge on any atom is 0.316 e. The summed E-state index contributed by atoms with van der Waals surface area (Å²) in [5.74, 6) is -0.821. The van der Waals surface area contributed by atoms with Crippen LogP contribution in [0.3, 0.4) is 0 Å². The number of rotatable bonds is 1. The lowest BCUT2D eigenvalue weighted by molar-refractivity contribution is -0.163. The Morgan fingerprint density at radius 1 is 1.55 bits per heavy atom. The Morgan fingerprint density at radius 2 is 2.18 bits per heavy atom. The minimum Gasteiger partial charge on any atom is -0.462 e. The molecule has 0 aromatic heterocycles. The SMILES string of the molecule is CCC1C(=O)CC(C)OC1=O. The molecule has 0 bridgehead atoms. The molecule has 0 amide bonds. The van der Waals surface area contributed by atoms with Crippen molar-refractivity contribution in [3.8, 4) is 0 Å². The highest BCUT2D eigenvalue weighted by molar-refractivity contribution is 6.00. The number of Topliss-reactive ketones (excluding diaryl/α,β-unsaturated/α-hetero) is 1. The smallest absolute Gasteiger partial charge is 0.316 e. The van der Waals surface area contributed by atoms with Gasteiger partial charge >= 0.3 is 5.97 Å². The lowest BCUT2D eigenvalue weighted by Crippen LogP contribution is -2.36. The number of ether oxygens (including phenoxy) is 1. The number of cyclic esters (lactones) is 1. The summed E-state index contributed by atoms with van der Waals surface area (Å²) in [6, 6.07) is 0. The van der Waals surface area contributed by atoms with E-state index in [1.807, 2.05) is 6.92 Å². The third-order valence-electron chi connectivity index (χ3n) is 1.89. The maximum absolute atomic E-state index is 11.1. The first-order chi connectivity index (χ1) is 5.15. The van der Waals surface area contributed by atoms with E-state index in [0.29, 0.717) is 12.8 Å². The molecule has 1 saturated heterocycles. The van der Waals surface area contributed by atoms with Gasteiger partial charge in [0.15, 0.2) is 5.78 Å². The van der Waals surface area contributed by atoms with E-state index in [2.05, 4.69) is 0 Å². The van der Waals surface area contributed by atoms with E-state index in [4.69, 9.17) is 4.74 Å². The number of carbonyl (C=O) groups is 2. The van der Waals surface area contributed by atoms with E-state index in [1.165, 1.54) is 0 Å². The molecular formula is C8H12O3. The third-order valence-corrected chi connectivity index (χ3v) is 1.89. The van der Waals surface area contributed by atoms with Crippen LogP contribution in [-0.2, 0) is 14.3 Å². The zero-order chi connectivity index (χ0) is 8.43. The van der Waals surface area contributed by atoms with Crippen LogP contribution in [0, 0.1) is 5.92 Å². The van der Waals surface area contributed by atoms with Gasteiger partial charge in [-0.1, -0.05) is 6.92 Å². The molecule has 62 valence electrons. The molecule has 0 radical (unpaired) electrons. The molecule has 1 rings (SSSR count). The standard InChI is InChI=1S/C8H12O3/c1-3-6-7(9)4-5(2)11-8(6)10/h5-6H,3-4H2,1-2H3. The van der Waals surface area contributed by atoms with Crippen molar-refractivity contribution >= 4 is 11.8 Å². The van der Waals surface area contributed by atoms with Gasteiger partial charge in [-0.2, -0.15) is 0 Å². The van der Waals surface area contributed by atoms with Crippen molar-refractivity contribution in [3.63, 3.8) is 0 Å². The number of ketones is 1. The van der Waals surface area contributed by atoms with Crippen LogP contribution < -0.4 is 0 Å². The summed E-state index contributed by atoms with van der Waals surface area (Å²) in [6.07, 6.45) is 0.715. The molecule has 0 aliphatic carbocycles. The fourth-order valence-electron chi connectivity index (χ4n) is 1.27. The Hall–Kier alpha value is -0.860. The van der Waals surface area contributed by atoms with Gasteiger partial charge < -0.3 is 4.74 Å². The Morgan fingerprint density at radius 3 is 2.64 bits per heavy atom. The molecule has 1 fully saturated rings. The van der Waals surface area contributed by atoms with Gasteiger partial charge in [0.1, 0.15) is 12.0 Å². The van der Waals surface area contributed by atoms with Crippen molar-refractivity contribution < 1.29 is 14.3 Å². The molecule has 1 heterocycles. The van der Waals surface area contributed by atoms with Crippen molar-refractivity contribution in [2.45, 2.75) is 32.8 Å². The van der Waals surface area contributed by atoms with Gasteiger partial charge in [0, 0.05) is 6.42 Å². The van der Waals surface area contributed by atoms with Crippen LogP contribution in [0.15, 0.2) is 0 Å². The van der Waals surface area contributed by atoms with Crippen LogP contribution in [0.5, 0.6) is 0 Å². The summed E-state index contributed by atoms with van der Waals surface area (Å²) in [5, 5.41) is 0. The molecule has 3 nitrogen and oxygen atoms in total. The zero-order valence-electron chi connectivity index (χ0n) is 6.79. The monoisotopic (exact) mass is 156 g/mol. The van der Waals surface area contributed by atoms with Crippen LogP contribution in [0.25, 0.3) is 0 Å². The van der Waals surface area contributed by atoms with E-state index >= 15 is 0 Å². The van der Waals surface area contributed by atoms with E-state index in [1.54, 1.807) is 6.92 Å². The number of hydrogen-bond acceptors (Lipinski definition) is 3. The fourth-order valence-corrected chi connectivity index (χ4v) is 1.27. The summed E-state index contributed by atoms with van der Waals surface area (Å²) in [7, 11) is 0. The second kappa shape index (κ2) is 3.03. The predicted octanol–water partition coefficient (Wildman–Crippen LogP) is 0.917. The van der Waals surface area contributed by atoms with Crippen LogP contribution in [0.2, 0.25) is 0 Å². The topological polar surface area (TPSA) is 43.4 Å². The Bertz CT molecular complexity index is 168. The van der Waals surface area contributed by atoms with Gasteiger partial charge in [-0.3, -0.25) is 9.59 Å². The molecule has 0 N–H and O–H groups in total. The molecule has 2 atom stereocenters. The second-order valence-corrected chi connectivity index (χ2v) is 2.88. The molecule has 3 heteroatoms. The molecule has 0 aromatic rings. The maximum atomic E-state index is 11.1. The van der Waals surface area contributed by atoms with Gasteiger partial charge in [0.2, 0.25) is 0 Å². The predicted molar refractivity (Wildman–Crippen MR) is 39.0 cm³/mol. The summed E-state index contributed by atoms with van der Waals surface area (Å²) < 4.78 is 4.90. The Balaban J connectivity index is 2.67. The summed E-state index contributed by atoms with van der Waals surface area (Å²) in [5.41, 5.74) is 0. The summed E-state index contributed by atoms with van der Waals surface area (Å²) >= 11 is 0. The van der Waals surface area contributed by atoms with Crippen molar-refractivity contribution in [2.75, 3.05) is 0 Å². The van der Waals surface area contributed by atoms with Crippen molar-refractivity contribution in [3.05, 3.63) is 0 Å². The van der Waals surface area contributed by atoms with Gasteiger partial charge in [0.25, 0.3) is 0 Å². The van der Waals surface area contributed by atoms with Crippen LogP contribution in [0.1, 0.15) is 26.7 Å². The van der Waals surface area contributed by atoms with Gasteiger partial charge in [-0.25, -0.2) is 0 Å². The van der Waals surface area contributed by atoms with E-state index in [0.717, 1.165) is 0 Å². The highest BCUT2D eigenvalue weighted by atomic mass is 16.5. The van der Waals surface area contributed by atoms with Crippen molar-refractivity contribution in [1.82, 2.24) is 0 Å². The Labute approximate surface area is 65.7 Å². The van der Waals surface area contributed by atoms with E-state index < -0.39 is 5.92 Å².